The summed E-state index contributed by atoms with van der Waals surface area (Å²) in [6.07, 6.45) is 3.09. The molecule has 0 atom stereocenters. The number of hydrogen-bond acceptors (Lipinski definition) is 4. The van der Waals surface area contributed by atoms with E-state index >= 15 is 0 Å². The molecule has 1 amide bonds. The molecule has 0 unspecified atom stereocenters. The van der Waals surface area contributed by atoms with Gasteiger partial charge in [0.05, 0.1) is 6.26 Å². The number of nitrogens with one attached hydrogen (secondary N) is 2. The van der Waals surface area contributed by atoms with Crippen molar-refractivity contribution in [1.82, 2.24) is 15.5 Å². The van der Waals surface area contributed by atoms with Gasteiger partial charge in [-0.2, -0.15) is 5.10 Å². The van der Waals surface area contributed by atoms with E-state index in [1.165, 1.54) is 12.1 Å². The van der Waals surface area contributed by atoms with Crippen molar-refractivity contribution in [3.8, 4) is 11.5 Å². The lowest BCUT2D eigenvalue weighted by molar-refractivity contribution is 0.0486. The van der Waals surface area contributed by atoms with Gasteiger partial charge in [-0.3, -0.25) is 9.89 Å². The van der Waals surface area contributed by atoms with Crippen molar-refractivity contribution in [3.63, 3.8) is 0 Å². The number of rotatable bonds is 5. The molecule has 27 heavy (non-hydrogen) atoms. The maximum atomic E-state index is 13.3. The van der Waals surface area contributed by atoms with Crippen LogP contribution in [0.1, 0.15) is 28.9 Å². The molecular formula is C20H20FN3O3. The van der Waals surface area contributed by atoms with E-state index in [0.29, 0.717) is 36.9 Å². The molecule has 3 heterocycles. The van der Waals surface area contributed by atoms with Gasteiger partial charge in [-0.1, -0.05) is 12.1 Å². The molecule has 1 aromatic carbocycles. The summed E-state index contributed by atoms with van der Waals surface area (Å²) in [6.45, 7) is 1.65. The van der Waals surface area contributed by atoms with Gasteiger partial charge in [0.15, 0.2) is 11.5 Å². The van der Waals surface area contributed by atoms with Gasteiger partial charge in [0.1, 0.15) is 11.5 Å². The standard InChI is InChI=1S/C20H20FN3O3/c21-15-5-3-14(4-6-15)20(7-10-26-11-8-20)13-22-19(25)17-12-16(23-24-17)18-2-1-9-27-18/h1-6,9,12H,7-8,10-11,13H2,(H,22,25)(H,23,24). The quantitative estimate of drug-likeness (QED) is 0.723. The van der Waals surface area contributed by atoms with Crippen LogP contribution in [0.2, 0.25) is 0 Å². The van der Waals surface area contributed by atoms with E-state index in [9.17, 15) is 9.18 Å². The summed E-state index contributed by atoms with van der Waals surface area (Å²) >= 11 is 0. The summed E-state index contributed by atoms with van der Waals surface area (Å²) < 4.78 is 24.1. The first-order valence-corrected chi connectivity index (χ1v) is 8.88. The van der Waals surface area contributed by atoms with E-state index in [0.717, 1.165) is 18.4 Å². The van der Waals surface area contributed by atoms with Crippen molar-refractivity contribution < 1.29 is 18.3 Å². The zero-order valence-corrected chi connectivity index (χ0v) is 14.7. The number of carbonyl (C=O) groups is 1. The van der Waals surface area contributed by atoms with E-state index in [2.05, 4.69) is 15.5 Å². The molecule has 4 rings (SSSR count). The smallest absolute Gasteiger partial charge is 0.271 e. The number of ether oxygens (including phenoxy) is 1. The minimum absolute atomic E-state index is 0.267. The summed E-state index contributed by atoms with van der Waals surface area (Å²) in [5, 5.41) is 9.86. The molecule has 0 saturated carbocycles. The topological polar surface area (TPSA) is 80.1 Å². The fourth-order valence-corrected chi connectivity index (χ4v) is 3.47. The lowest BCUT2D eigenvalue weighted by atomic mass is 9.74. The van der Waals surface area contributed by atoms with Gasteiger partial charge in [-0.05, 0) is 42.7 Å². The minimum atomic E-state index is -0.276. The highest BCUT2D eigenvalue weighted by Crippen LogP contribution is 2.34. The Kier molecular flexibility index (Phi) is 4.77. The van der Waals surface area contributed by atoms with Gasteiger partial charge in [0.25, 0.3) is 5.91 Å². The summed E-state index contributed by atoms with van der Waals surface area (Å²) in [5.74, 6) is 0.0813. The van der Waals surface area contributed by atoms with Gasteiger partial charge in [-0.15, -0.1) is 0 Å². The normalized spacial score (nSPS) is 16.2. The molecule has 7 heteroatoms. The van der Waals surface area contributed by atoms with Crippen molar-refractivity contribution >= 4 is 5.91 Å². The molecule has 0 spiro atoms. The van der Waals surface area contributed by atoms with E-state index < -0.39 is 0 Å². The monoisotopic (exact) mass is 369 g/mol. The fourth-order valence-electron chi connectivity index (χ4n) is 3.47. The number of halogens is 1. The van der Waals surface area contributed by atoms with Crippen LogP contribution in [-0.2, 0) is 10.2 Å². The van der Waals surface area contributed by atoms with Crippen molar-refractivity contribution in [1.29, 1.82) is 0 Å². The van der Waals surface area contributed by atoms with Crippen molar-refractivity contribution in [3.05, 3.63) is 65.8 Å². The number of hydrogen-bond donors (Lipinski definition) is 2. The Morgan fingerprint density at radius 3 is 2.70 bits per heavy atom. The van der Waals surface area contributed by atoms with E-state index in [-0.39, 0.29) is 17.1 Å². The third kappa shape index (κ3) is 3.64. The average molecular weight is 369 g/mol. The molecular weight excluding hydrogens is 349 g/mol. The fraction of sp³-hybridized carbons (Fsp3) is 0.300. The molecule has 2 aromatic heterocycles. The first-order valence-electron chi connectivity index (χ1n) is 8.88. The molecule has 140 valence electrons. The van der Waals surface area contributed by atoms with Crippen LogP contribution in [0.25, 0.3) is 11.5 Å². The van der Waals surface area contributed by atoms with Crippen molar-refractivity contribution in [2.24, 2.45) is 0 Å². The van der Waals surface area contributed by atoms with Crippen molar-refractivity contribution in [2.75, 3.05) is 19.8 Å². The summed E-state index contributed by atoms with van der Waals surface area (Å²) in [4.78, 5) is 12.6. The SMILES string of the molecule is O=C(NCC1(c2ccc(F)cc2)CCOCC1)c1cc(-c2ccco2)[nH]n1. The summed E-state index contributed by atoms with van der Waals surface area (Å²) in [5.41, 5.74) is 1.67. The Morgan fingerprint density at radius 2 is 2.00 bits per heavy atom. The van der Waals surface area contributed by atoms with Crippen LogP contribution >= 0.6 is 0 Å². The number of benzene rings is 1. The minimum Gasteiger partial charge on any atom is -0.463 e. The third-order valence-corrected chi connectivity index (χ3v) is 5.09. The molecule has 1 fully saturated rings. The average Bonchev–Trinajstić information content (AvgIpc) is 3.39. The molecule has 2 N–H and O–H groups in total. The lowest BCUT2D eigenvalue weighted by Crippen LogP contribution is -2.44. The highest BCUT2D eigenvalue weighted by molar-refractivity contribution is 5.93. The third-order valence-electron chi connectivity index (χ3n) is 5.09. The zero-order valence-electron chi connectivity index (χ0n) is 14.7. The zero-order chi connectivity index (χ0) is 18.7. The van der Waals surface area contributed by atoms with Gasteiger partial charge in [0.2, 0.25) is 0 Å². The second-order valence-corrected chi connectivity index (χ2v) is 6.73. The molecule has 0 bridgehead atoms. The van der Waals surface area contributed by atoms with Crippen LogP contribution in [0.5, 0.6) is 0 Å². The highest BCUT2D eigenvalue weighted by atomic mass is 19.1. The predicted molar refractivity (Wildman–Crippen MR) is 96.8 cm³/mol. The number of amides is 1. The molecule has 1 saturated heterocycles. The molecule has 3 aromatic rings. The molecule has 1 aliphatic heterocycles. The van der Waals surface area contributed by atoms with Gasteiger partial charge in [-0.25, -0.2) is 4.39 Å². The van der Waals surface area contributed by atoms with Crippen LogP contribution in [0, 0.1) is 5.82 Å². The number of aromatic amines is 1. The lowest BCUT2D eigenvalue weighted by Gasteiger charge is -2.37. The number of aromatic nitrogens is 2. The Morgan fingerprint density at radius 1 is 1.22 bits per heavy atom. The van der Waals surface area contributed by atoms with Gasteiger partial charge in [0, 0.05) is 31.2 Å². The first kappa shape index (κ1) is 17.5. The largest absolute Gasteiger partial charge is 0.463 e. The van der Waals surface area contributed by atoms with Crippen LogP contribution in [0.3, 0.4) is 0 Å². The Bertz CT molecular complexity index is 897. The van der Waals surface area contributed by atoms with Crippen LogP contribution < -0.4 is 5.32 Å². The number of furan rings is 1. The molecule has 0 aliphatic carbocycles. The van der Waals surface area contributed by atoms with E-state index in [1.807, 2.05) is 0 Å². The first-order chi connectivity index (χ1) is 13.2. The Hall–Kier alpha value is -2.93. The molecule has 1 aliphatic rings. The predicted octanol–water partition coefficient (Wildman–Crippen LogP) is 3.29. The van der Waals surface area contributed by atoms with Crippen LogP contribution in [0.15, 0.2) is 53.1 Å². The second kappa shape index (κ2) is 7.36. The second-order valence-electron chi connectivity index (χ2n) is 6.73. The Balaban J connectivity index is 1.49. The Labute approximate surface area is 155 Å². The highest BCUT2D eigenvalue weighted by Gasteiger charge is 2.35. The molecule has 6 nitrogen and oxygen atoms in total. The van der Waals surface area contributed by atoms with Gasteiger partial charge >= 0.3 is 0 Å². The number of nitrogens with zero attached hydrogens (tertiary/aromatic N) is 1. The number of carbonyl (C=O) groups excluding carboxylic acids is 1. The summed E-state index contributed by atoms with van der Waals surface area (Å²) in [6, 6.07) is 11.7. The molecule has 0 radical (unpaired) electrons. The van der Waals surface area contributed by atoms with Gasteiger partial charge < -0.3 is 14.5 Å². The van der Waals surface area contributed by atoms with Crippen LogP contribution in [0.4, 0.5) is 4.39 Å². The van der Waals surface area contributed by atoms with Crippen molar-refractivity contribution in [2.45, 2.75) is 18.3 Å². The van der Waals surface area contributed by atoms with E-state index in [4.69, 9.17) is 9.15 Å². The number of H-pyrrole nitrogens is 1. The van der Waals surface area contributed by atoms with Crippen LogP contribution in [-0.4, -0.2) is 35.9 Å². The maximum Gasteiger partial charge on any atom is 0.271 e. The van der Waals surface area contributed by atoms with E-state index in [1.54, 1.807) is 36.6 Å². The maximum absolute atomic E-state index is 13.3. The summed E-state index contributed by atoms with van der Waals surface area (Å²) in [7, 11) is 0.